The molecule has 1 aromatic rings. The molecule has 0 aromatic heterocycles. The van der Waals surface area contributed by atoms with Gasteiger partial charge in [-0.1, -0.05) is 26.0 Å². The second-order valence-corrected chi connectivity index (χ2v) is 9.94. The zero-order chi connectivity index (χ0) is 22.1. The van der Waals surface area contributed by atoms with Crippen LogP contribution in [0.25, 0.3) is 0 Å². The van der Waals surface area contributed by atoms with Crippen LogP contribution >= 0.6 is 24.0 Å². The van der Waals surface area contributed by atoms with Crippen molar-refractivity contribution < 1.29 is 13.2 Å². The Kier molecular flexibility index (Phi) is 11.8. The number of halogens is 1. The number of aliphatic imine (C=N–C) groups is 1. The molecule has 1 aromatic carbocycles. The first-order valence-corrected chi connectivity index (χ1v) is 12.7. The Morgan fingerprint density at radius 1 is 1.16 bits per heavy atom. The zero-order valence-corrected chi connectivity index (χ0v) is 22.2. The molecule has 0 radical (unpaired) electrons. The molecule has 0 atom stereocenters. The number of piperidine rings is 1. The second kappa shape index (κ2) is 13.2. The van der Waals surface area contributed by atoms with Gasteiger partial charge in [0.1, 0.15) is 0 Å². The molecular formula is C22H37IN4O3S. The van der Waals surface area contributed by atoms with Crippen LogP contribution in [0.5, 0.6) is 0 Å². The van der Waals surface area contributed by atoms with E-state index in [-0.39, 0.29) is 29.9 Å². The van der Waals surface area contributed by atoms with E-state index in [1.54, 1.807) is 19.2 Å². The van der Waals surface area contributed by atoms with Gasteiger partial charge < -0.3 is 15.5 Å². The maximum atomic E-state index is 12.5. The third-order valence-electron chi connectivity index (χ3n) is 5.76. The normalized spacial score (nSPS) is 15.5. The number of guanidine groups is 1. The molecule has 0 unspecified atom stereocenters. The lowest BCUT2D eigenvalue weighted by Crippen LogP contribution is -2.50. The summed E-state index contributed by atoms with van der Waals surface area (Å²) in [6.45, 7) is 6.43. The Hall–Kier alpha value is -1.36. The van der Waals surface area contributed by atoms with E-state index in [2.05, 4.69) is 29.5 Å². The first-order chi connectivity index (χ1) is 14.3. The molecule has 1 aliphatic rings. The van der Waals surface area contributed by atoms with Crippen molar-refractivity contribution >= 4 is 45.7 Å². The zero-order valence-electron chi connectivity index (χ0n) is 19.1. The molecule has 0 aliphatic carbocycles. The third-order valence-corrected chi connectivity index (χ3v) is 6.89. The Morgan fingerprint density at radius 2 is 1.74 bits per heavy atom. The fourth-order valence-electron chi connectivity index (χ4n) is 3.76. The number of sulfone groups is 1. The number of likely N-dealkylation sites (tertiary alicyclic amines) is 1. The summed E-state index contributed by atoms with van der Waals surface area (Å²) in [6.07, 6.45) is 5.62. The molecule has 1 aliphatic heterocycles. The lowest BCUT2D eigenvalue weighted by Gasteiger charge is -2.34. The first kappa shape index (κ1) is 27.7. The van der Waals surface area contributed by atoms with E-state index in [1.165, 1.54) is 6.26 Å². The number of carbonyl (C=O) groups excluding carboxylic acids is 1. The highest BCUT2D eigenvalue weighted by atomic mass is 127. The Bertz CT molecular complexity index is 816. The molecule has 1 heterocycles. The van der Waals surface area contributed by atoms with E-state index in [0.717, 1.165) is 56.7 Å². The Morgan fingerprint density at radius 3 is 2.23 bits per heavy atom. The summed E-state index contributed by atoms with van der Waals surface area (Å²) in [5, 5.41) is 6.78. The van der Waals surface area contributed by atoms with Crippen molar-refractivity contribution in [1.82, 2.24) is 15.5 Å². The number of carbonyl (C=O) groups is 1. The van der Waals surface area contributed by atoms with E-state index < -0.39 is 9.84 Å². The molecule has 0 saturated carbocycles. The van der Waals surface area contributed by atoms with Crippen LogP contribution < -0.4 is 10.6 Å². The summed E-state index contributed by atoms with van der Waals surface area (Å²) in [6, 6.07) is 7.29. The van der Waals surface area contributed by atoms with Crippen molar-refractivity contribution in [2.45, 2.75) is 56.9 Å². The van der Waals surface area contributed by atoms with Gasteiger partial charge in [0.15, 0.2) is 15.8 Å². The maximum absolute atomic E-state index is 12.5. The van der Waals surface area contributed by atoms with Gasteiger partial charge in [0, 0.05) is 44.9 Å². The van der Waals surface area contributed by atoms with E-state index in [9.17, 15) is 13.2 Å². The van der Waals surface area contributed by atoms with Crippen LogP contribution in [0.3, 0.4) is 0 Å². The highest BCUT2D eigenvalue weighted by Gasteiger charge is 2.26. The average Bonchev–Trinajstić information content (AvgIpc) is 2.74. The number of benzene rings is 1. The van der Waals surface area contributed by atoms with Crippen LogP contribution in [0.1, 0.15) is 45.1 Å². The lowest BCUT2D eigenvalue weighted by atomic mass is 9.98. The first-order valence-electron chi connectivity index (χ1n) is 10.8. The SMILES string of the molecule is CCC(CC)C(=O)N1CCC(NC(=NC)NCCc2ccc(S(C)(=O)=O)cc2)CC1.I. The van der Waals surface area contributed by atoms with Crippen molar-refractivity contribution in [3.05, 3.63) is 29.8 Å². The van der Waals surface area contributed by atoms with Crippen LogP contribution in [0.4, 0.5) is 0 Å². The van der Waals surface area contributed by atoms with Gasteiger partial charge in [-0.15, -0.1) is 24.0 Å². The van der Waals surface area contributed by atoms with Crippen LogP contribution in [0, 0.1) is 5.92 Å². The fraction of sp³-hybridized carbons (Fsp3) is 0.636. The molecule has 1 amide bonds. The minimum Gasteiger partial charge on any atom is -0.356 e. The van der Waals surface area contributed by atoms with Gasteiger partial charge in [-0.25, -0.2) is 8.42 Å². The standard InChI is InChI=1S/C22H36N4O3S.HI/c1-5-18(6-2)21(27)26-15-12-19(13-16-26)25-22(23-3)24-14-11-17-7-9-20(10-8-17)30(4,28)29;/h7-10,18-19H,5-6,11-16H2,1-4H3,(H2,23,24,25);1H. The molecule has 9 heteroatoms. The highest BCUT2D eigenvalue weighted by molar-refractivity contribution is 14.0. The second-order valence-electron chi connectivity index (χ2n) is 7.92. The molecule has 176 valence electrons. The van der Waals surface area contributed by atoms with E-state index in [0.29, 0.717) is 23.4 Å². The van der Waals surface area contributed by atoms with Gasteiger partial charge in [-0.2, -0.15) is 0 Å². The van der Waals surface area contributed by atoms with Gasteiger partial charge in [-0.05, 0) is 49.8 Å². The van der Waals surface area contributed by atoms with Crippen molar-refractivity contribution in [3.63, 3.8) is 0 Å². The monoisotopic (exact) mass is 564 g/mol. The molecule has 31 heavy (non-hydrogen) atoms. The summed E-state index contributed by atoms with van der Waals surface area (Å²) in [5.74, 6) is 1.20. The van der Waals surface area contributed by atoms with Crippen LogP contribution in [-0.2, 0) is 21.1 Å². The Labute approximate surface area is 204 Å². The molecule has 1 saturated heterocycles. The summed E-state index contributed by atoms with van der Waals surface area (Å²) in [7, 11) is -1.41. The van der Waals surface area contributed by atoms with E-state index >= 15 is 0 Å². The van der Waals surface area contributed by atoms with Crippen LogP contribution in [0.2, 0.25) is 0 Å². The highest BCUT2D eigenvalue weighted by Crippen LogP contribution is 2.17. The topological polar surface area (TPSA) is 90.9 Å². The van der Waals surface area contributed by atoms with Gasteiger partial charge in [0.2, 0.25) is 5.91 Å². The number of nitrogens with one attached hydrogen (secondary N) is 2. The molecular weight excluding hydrogens is 527 g/mol. The summed E-state index contributed by atoms with van der Waals surface area (Å²) >= 11 is 0. The molecule has 0 bridgehead atoms. The lowest BCUT2D eigenvalue weighted by molar-refractivity contribution is -0.136. The summed E-state index contributed by atoms with van der Waals surface area (Å²) in [4.78, 5) is 19.2. The molecule has 2 N–H and O–H groups in total. The van der Waals surface area contributed by atoms with Crippen molar-refractivity contribution in [1.29, 1.82) is 0 Å². The number of hydrogen-bond acceptors (Lipinski definition) is 4. The van der Waals surface area contributed by atoms with Crippen molar-refractivity contribution in [2.75, 3.05) is 32.9 Å². The summed E-state index contributed by atoms with van der Waals surface area (Å²) in [5.41, 5.74) is 1.07. The minimum absolute atomic E-state index is 0. The van der Waals surface area contributed by atoms with Crippen molar-refractivity contribution in [2.24, 2.45) is 10.9 Å². The molecule has 7 nitrogen and oxygen atoms in total. The van der Waals surface area contributed by atoms with Crippen LogP contribution in [0.15, 0.2) is 34.2 Å². The number of hydrogen-bond donors (Lipinski definition) is 2. The quantitative estimate of drug-likeness (QED) is 0.288. The number of rotatable bonds is 8. The maximum Gasteiger partial charge on any atom is 0.225 e. The van der Waals surface area contributed by atoms with E-state index in [1.807, 2.05) is 17.0 Å². The largest absolute Gasteiger partial charge is 0.356 e. The van der Waals surface area contributed by atoms with Crippen molar-refractivity contribution in [3.8, 4) is 0 Å². The fourth-order valence-corrected chi connectivity index (χ4v) is 4.39. The van der Waals surface area contributed by atoms with Crippen LogP contribution in [-0.4, -0.2) is 64.2 Å². The number of amides is 1. The van der Waals surface area contributed by atoms with Gasteiger partial charge in [-0.3, -0.25) is 9.79 Å². The predicted octanol–water partition coefficient (Wildman–Crippen LogP) is 2.84. The van der Waals surface area contributed by atoms with Gasteiger partial charge in [0.05, 0.1) is 4.90 Å². The third kappa shape index (κ3) is 8.59. The number of nitrogens with zero attached hydrogens (tertiary/aromatic N) is 2. The van der Waals surface area contributed by atoms with Gasteiger partial charge in [0.25, 0.3) is 0 Å². The predicted molar refractivity (Wildman–Crippen MR) is 137 cm³/mol. The molecule has 1 fully saturated rings. The summed E-state index contributed by atoms with van der Waals surface area (Å²) < 4.78 is 23.1. The van der Waals surface area contributed by atoms with E-state index in [4.69, 9.17) is 0 Å². The Balaban J connectivity index is 0.00000480. The van der Waals surface area contributed by atoms with Gasteiger partial charge >= 0.3 is 0 Å². The molecule has 0 spiro atoms. The molecule has 2 rings (SSSR count). The average molecular weight is 565 g/mol. The smallest absolute Gasteiger partial charge is 0.225 e. The minimum atomic E-state index is -3.16.